The highest BCUT2D eigenvalue weighted by molar-refractivity contribution is 5.95. The summed E-state index contributed by atoms with van der Waals surface area (Å²) in [7, 11) is 1.63. The molecule has 0 amide bonds. The number of anilines is 2. The van der Waals surface area contributed by atoms with E-state index in [1.165, 1.54) is 0 Å². The van der Waals surface area contributed by atoms with Crippen LogP contribution < -0.4 is 10.1 Å². The van der Waals surface area contributed by atoms with E-state index in [1.807, 2.05) is 55.5 Å². The highest BCUT2D eigenvalue weighted by atomic mass is 16.5. The quantitative estimate of drug-likeness (QED) is 0.532. The first-order chi connectivity index (χ1) is 13.5. The van der Waals surface area contributed by atoms with Gasteiger partial charge in [-0.3, -0.25) is 4.79 Å². The van der Waals surface area contributed by atoms with Crippen molar-refractivity contribution in [2.45, 2.75) is 13.8 Å². The number of nitrogens with zero attached hydrogens (tertiary/aromatic N) is 4. The molecular weight excluding hydrogens is 354 g/mol. The number of hydrogen-bond donors (Lipinski definition) is 1. The summed E-state index contributed by atoms with van der Waals surface area (Å²) in [6.45, 7) is 3.45. The van der Waals surface area contributed by atoms with Gasteiger partial charge in [-0.15, -0.1) is 5.10 Å². The Kier molecular flexibility index (Phi) is 4.49. The van der Waals surface area contributed by atoms with Crippen LogP contribution in [0.1, 0.15) is 23.0 Å². The summed E-state index contributed by atoms with van der Waals surface area (Å²) < 4.78 is 6.86. The summed E-state index contributed by atoms with van der Waals surface area (Å²) in [4.78, 5) is 20.7. The fourth-order valence-corrected chi connectivity index (χ4v) is 2.90. The maximum Gasteiger partial charge on any atom is 0.254 e. The molecule has 0 spiro atoms. The van der Waals surface area contributed by atoms with Gasteiger partial charge >= 0.3 is 0 Å². The number of carbonyl (C=O) groups is 1. The van der Waals surface area contributed by atoms with Gasteiger partial charge in [-0.25, -0.2) is 4.98 Å². The van der Waals surface area contributed by atoms with Crippen molar-refractivity contribution in [3.8, 4) is 17.1 Å². The number of Topliss-reactive ketones (excluding diaryl/α,β-unsaturated/α-hetero) is 1. The van der Waals surface area contributed by atoms with Crippen LogP contribution in [0.25, 0.3) is 17.2 Å². The molecule has 0 aliphatic rings. The monoisotopic (exact) mass is 373 g/mol. The molecule has 0 fully saturated rings. The van der Waals surface area contributed by atoms with Crippen LogP contribution in [0.15, 0.2) is 54.6 Å². The first-order valence-electron chi connectivity index (χ1n) is 8.80. The summed E-state index contributed by atoms with van der Waals surface area (Å²) >= 11 is 0. The van der Waals surface area contributed by atoms with Gasteiger partial charge in [0.1, 0.15) is 11.6 Å². The Morgan fingerprint density at radius 3 is 2.57 bits per heavy atom. The standard InChI is InChI=1S/C21H19N5O2/c1-13-11-19(23-17-6-4-5-16(12-17)14(2)27)26-21(22-13)24-20(25-26)15-7-9-18(28-3)10-8-15/h4-12,23H,1-3H3. The van der Waals surface area contributed by atoms with E-state index in [2.05, 4.69) is 20.4 Å². The van der Waals surface area contributed by atoms with Crippen LogP contribution in [0.2, 0.25) is 0 Å². The Morgan fingerprint density at radius 2 is 1.86 bits per heavy atom. The molecule has 0 bridgehead atoms. The largest absolute Gasteiger partial charge is 0.497 e. The lowest BCUT2D eigenvalue weighted by molar-refractivity contribution is 0.101. The molecule has 2 aromatic heterocycles. The van der Waals surface area contributed by atoms with E-state index in [4.69, 9.17) is 4.74 Å². The minimum atomic E-state index is 0.0160. The van der Waals surface area contributed by atoms with Crippen LogP contribution in [0.4, 0.5) is 11.5 Å². The van der Waals surface area contributed by atoms with Crippen LogP contribution in [0.3, 0.4) is 0 Å². The van der Waals surface area contributed by atoms with Crippen molar-refractivity contribution in [1.82, 2.24) is 19.6 Å². The number of hydrogen-bond acceptors (Lipinski definition) is 6. The number of ketones is 1. The van der Waals surface area contributed by atoms with Crippen LogP contribution in [0.5, 0.6) is 5.75 Å². The lowest BCUT2D eigenvalue weighted by Crippen LogP contribution is -2.03. The van der Waals surface area contributed by atoms with Crippen LogP contribution in [-0.2, 0) is 0 Å². The van der Waals surface area contributed by atoms with Crippen LogP contribution >= 0.6 is 0 Å². The van der Waals surface area contributed by atoms with Gasteiger partial charge in [0.05, 0.1) is 7.11 Å². The van der Waals surface area contributed by atoms with E-state index in [0.717, 1.165) is 28.5 Å². The molecule has 0 saturated heterocycles. The summed E-state index contributed by atoms with van der Waals surface area (Å²) in [5.74, 6) is 2.57. The van der Waals surface area contributed by atoms with E-state index in [-0.39, 0.29) is 5.78 Å². The molecule has 2 heterocycles. The van der Waals surface area contributed by atoms with Crippen molar-refractivity contribution in [3.05, 3.63) is 65.9 Å². The number of fused-ring (bicyclic) bond motifs is 1. The summed E-state index contributed by atoms with van der Waals surface area (Å²) in [5.41, 5.74) is 3.12. The number of nitrogens with one attached hydrogen (secondary N) is 1. The van der Waals surface area contributed by atoms with Gasteiger partial charge in [0.15, 0.2) is 11.6 Å². The maximum atomic E-state index is 11.6. The van der Waals surface area contributed by atoms with Crippen LogP contribution in [0, 0.1) is 6.92 Å². The molecule has 7 nitrogen and oxygen atoms in total. The molecule has 0 unspecified atom stereocenters. The third-order valence-electron chi connectivity index (χ3n) is 4.33. The smallest absolute Gasteiger partial charge is 0.254 e. The maximum absolute atomic E-state index is 11.6. The Balaban J connectivity index is 1.75. The molecule has 4 rings (SSSR count). The molecule has 2 aromatic carbocycles. The fourth-order valence-electron chi connectivity index (χ4n) is 2.90. The molecule has 0 aliphatic heterocycles. The summed E-state index contributed by atoms with van der Waals surface area (Å²) in [5, 5.41) is 7.92. The fraction of sp³-hybridized carbons (Fsp3) is 0.143. The van der Waals surface area contributed by atoms with Gasteiger partial charge < -0.3 is 10.1 Å². The minimum absolute atomic E-state index is 0.0160. The second kappa shape index (κ2) is 7.11. The molecule has 0 aliphatic carbocycles. The normalized spacial score (nSPS) is 10.8. The molecule has 0 atom stereocenters. The second-order valence-electron chi connectivity index (χ2n) is 6.42. The van der Waals surface area contributed by atoms with E-state index in [9.17, 15) is 4.79 Å². The molecule has 0 saturated carbocycles. The zero-order valence-corrected chi connectivity index (χ0v) is 15.8. The predicted octanol–water partition coefficient (Wildman–Crippen LogP) is 4.05. The lowest BCUT2D eigenvalue weighted by atomic mass is 10.1. The molecule has 28 heavy (non-hydrogen) atoms. The number of methoxy groups -OCH3 is 1. The van der Waals surface area contributed by atoms with Gasteiger partial charge in [0, 0.05) is 28.6 Å². The zero-order valence-electron chi connectivity index (χ0n) is 15.8. The molecule has 140 valence electrons. The van der Waals surface area contributed by atoms with Crippen molar-refractivity contribution in [2.24, 2.45) is 0 Å². The number of ether oxygens (including phenoxy) is 1. The van der Waals surface area contributed by atoms with Gasteiger partial charge in [-0.05, 0) is 50.2 Å². The summed E-state index contributed by atoms with van der Waals surface area (Å²) in [6.07, 6.45) is 0. The van der Waals surface area contributed by atoms with Gasteiger partial charge in [-0.2, -0.15) is 9.50 Å². The van der Waals surface area contributed by atoms with Crippen molar-refractivity contribution in [1.29, 1.82) is 0 Å². The number of benzene rings is 2. The first kappa shape index (κ1) is 17.7. The number of aromatic nitrogens is 4. The third-order valence-corrected chi connectivity index (χ3v) is 4.33. The van der Waals surface area contributed by atoms with Crippen molar-refractivity contribution < 1.29 is 9.53 Å². The number of carbonyl (C=O) groups excluding carboxylic acids is 1. The van der Waals surface area contributed by atoms with Crippen LogP contribution in [-0.4, -0.2) is 32.5 Å². The van der Waals surface area contributed by atoms with E-state index >= 15 is 0 Å². The Bertz CT molecular complexity index is 1170. The first-order valence-corrected chi connectivity index (χ1v) is 8.80. The topological polar surface area (TPSA) is 81.4 Å². The SMILES string of the molecule is COc1ccc(-c2nc3nc(C)cc(Nc4cccc(C(C)=O)c4)n3n2)cc1. The van der Waals surface area contributed by atoms with Crippen molar-refractivity contribution in [2.75, 3.05) is 12.4 Å². The molecule has 4 aromatic rings. The highest BCUT2D eigenvalue weighted by Crippen LogP contribution is 2.23. The second-order valence-corrected chi connectivity index (χ2v) is 6.42. The van der Waals surface area contributed by atoms with Gasteiger partial charge in [0.25, 0.3) is 5.78 Å². The average molecular weight is 373 g/mol. The Hall–Kier alpha value is -3.74. The number of aryl methyl sites for hydroxylation is 1. The third kappa shape index (κ3) is 3.42. The van der Waals surface area contributed by atoms with Crippen molar-refractivity contribution >= 4 is 23.1 Å². The minimum Gasteiger partial charge on any atom is -0.497 e. The lowest BCUT2D eigenvalue weighted by Gasteiger charge is -2.09. The summed E-state index contributed by atoms with van der Waals surface area (Å²) in [6, 6.07) is 16.8. The van der Waals surface area contributed by atoms with Gasteiger partial charge in [0.2, 0.25) is 0 Å². The van der Waals surface area contributed by atoms with E-state index < -0.39 is 0 Å². The van der Waals surface area contributed by atoms with Crippen molar-refractivity contribution in [3.63, 3.8) is 0 Å². The average Bonchev–Trinajstić information content (AvgIpc) is 3.12. The highest BCUT2D eigenvalue weighted by Gasteiger charge is 2.12. The van der Waals surface area contributed by atoms with Gasteiger partial charge in [-0.1, -0.05) is 12.1 Å². The van der Waals surface area contributed by atoms with E-state index in [0.29, 0.717) is 17.2 Å². The Labute approximate surface area is 162 Å². The molecular formula is C21H19N5O2. The van der Waals surface area contributed by atoms with E-state index in [1.54, 1.807) is 24.6 Å². The molecule has 1 N–H and O–H groups in total. The zero-order chi connectivity index (χ0) is 19.7. The number of rotatable bonds is 5. The molecule has 0 radical (unpaired) electrons. The molecule has 7 heteroatoms. The Morgan fingerprint density at radius 1 is 1.07 bits per heavy atom. The predicted molar refractivity (Wildman–Crippen MR) is 107 cm³/mol.